The lowest BCUT2D eigenvalue weighted by molar-refractivity contribution is 0.412. The zero-order chi connectivity index (χ0) is 13.0. The third kappa shape index (κ3) is 3.71. The maximum absolute atomic E-state index is 12.1. The van der Waals surface area contributed by atoms with Gasteiger partial charge in [0.2, 0.25) is 10.0 Å². The van der Waals surface area contributed by atoms with E-state index in [1.807, 2.05) is 6.07 Å². The van der Waals surface area contributed by atoms with Crippen LogP contribution in [-0.4, -0.2) is 14.5 Å². The summed E-state index contributed by atoms with van der Waals surface area (Å²) >= 11 is 0. The van der Waals surface area contributed by atoms with Crippen molar-refractivity contribution >= 4 is 15.7 Å². The first-order valence-corrected chi connectivity index (χ1v) is 8.05. The molecule has 0 unspecified atom stereocenters. The van der Waals surface area contributed by atoms with Gasteiger partial charge in [0.25, 0.3) is 0 Å². The molecular formula is C13H20N2O2S. The minimum Gasteiger partial charge on any atom is -0.398 e. The van der Waals surface area contributed by atoms with Gasteiger partial charge in [0, 0.05) is 11.7 Å². The van der Waals surface area contributed by atoms with Gasteiger partial charge >= 0.3 is 0 Å². The third-order valence-corrected chi connectivity index (χ3v) is 4.74. The molecule has 100 valence electrons. The van der Waals surface area contributed by atoms with Gasteiger partial charge in [0.05, 0.1) is 5.75 Å². The van der Waals surface area contributed by atoms with Gasteiger partial charge in [0.1, 0.15) is 0 Å². The fourth-order valence-electron chi connectivity index (χ4n) is 2.39. The molecule has 0 saturated heterocycles. The Morgan fingerprint density at radius 2 is 1.83 bits per heavy atom. The molecule has 0 amide bonds. The second kappa shape index (κ2) is 5.71. The van der Waals surface area contributed by atoms with E-state index < -0.39 is 10.0 Å². The van der Waals surface area contributed by atoms with Crippen molar-refractivity contribution < 1.29 is 8.42 Å². The molecule has 4 nitrogen and oxygen atoms in total. The average Bonchev–Trinajstić information content (AvgIpc) is 2.32. The summed E-state index contributed by atoms with van der Waals surface area (Å²) in [5.41, 5.74) is 6.97. The van der Waals surface area contributed by atoms with Crippen molar-refractivity contribution in [2.75, 3.05) is 5.73 Å². The number of hydrogen-bond donors (Lipinski definition) is 2. The molecule has 3 N–H and O–H groups in total. The summed E-state index contributed by atoms with van der Waals surface area (Å²) < 4.78 is 26.9. The van der Waals surface area contributed by atoms with Crippen LogP contribution in [0.4, 0.5) is 5.69 Å². The molecule has 0 atom stereocenters. The summed E-state index contributed by atoms with van der Waals surface area (Å²) in [6, 6.07) is 7.21. The van der Waals surface area contributed by atoms with Crippen LogP contribution in [0.5, 0.6) is 0 Å². The first-order chi connectivity index (χ1) is 8.57. The van der Waals surface area contributed by atoms with Crippen LogP contribution in [0.1, 0.15) is 37.7 Å². The largest absolute Gasteiger partial charge is 0.398 e. The van der Waals surface area contributed by atoms with Crippen molar-refractivity contribution in [2.45, 2.75) is 43.9 Å². The molecule has 18 heavy (non-hydrogen) atoms. The van der Waals surface area contributed by atoms with E-state index >= 15 is 0 Å². The molecule has 0 bridgehead atoms. The van der Waals surface area contributed by atoms with Crippen molar-refractivity contribution in [3.8, 4) is 0 Å². The Balaban J connectivity index is 2.01. The number of nitrogen functional groups attached to an aromatic ring is 1. The van der Waals surface area contributed by atoms with E-state index in [1.165, 1.54) is 6.42 Å². The quantitative estimate of drug-likeness (QED) is 0.821. The van der Waals surface area contributed by atoms with E-state index in [0.717, 1.165) is 25.7 Å². The van der Waals surface area contributed by atoms with Crippen LogP contribution >= 0.6 is 0 Å². The van der Waals surface area contributed by atoms with Gasteiger partial charge < -0.3 is 5.73 Å². The summed E-state index contributed by atoms with van der Waals surface area (Å²) in [7, 11) is -3.29. The lowest BCUT2D eigenvalue weighted by Gasteiger charge is -2.22. The fourth-order valence-corrected chi connectivity index (χ4v) is 3.89. The Labute approximate surface area is 109 Å². The van der Waals surface area contributed by atoms with E-state index in [4.69, 9.17) is 5.73 Å². The van der Waals surface area contributed by atoms with E-state index in [9.17, 15) is 8.42 Å². The number of anilines is 1. The first-order valence-electron chi connectivity index (χ1n) is 6.40. The molecular weight excluding hydrogens is 248 g/mol. The van der Waals surface area contributed by atoms with Crippen molar-refractivity contribution in [1.29, 1.82) is 0 Å². The molecule has 5 heteroatoms. The topological polar surface area (TPSA) is 72.2 Å². The normalized spacial score (nSPS) is 17.8. The Kier molecular flexibility index (Phi) is 4.24. The van der Waals surface area contributed by atoms with Gasteiger partial charge in [-0.1, -0.05) is 37.5 Å². The van der Waals surface area contributed by atoms with Gasteiger partial charge in [-0.3, -0.25) is 0 Å². The number of rotatable bonds is 4. The maximum atomic E-state index is 12.1. The van der Waals surface area contributed by atoms with Crippen LogP contribution in [-0.2, 0) is 15.8 Å². The summed E-state index contributed by atoms with van der Waals surface area (Å²) in [5, 5.41) is 0. The number of benzene rings is 1. The van der Waals surface area contributed by atoms with Crippen LogP contribution in [0.2, 0.25) is 0 Å². The lowest BCUT2D eigenvalue weighted by Crippen LogP contribution is -2.36. The minimum atomic E-state index is -3.29. The van der Waals surface area contributed by atoms with Crippen LogP contribution in [0.15, 0.2) is 24.3 Å². The average molecular weight is 268 g/mol. The SMILES string of the molecule is Nc1ccccc1CS(=O)(=O)NC1CCCCC1. The number of nitrogens with one attached hydrogen (secondary N) is 1. The number of hydrogen-bond acceptors (Lipinski definition) is 3. The van der Waals surface area contributed by atoms with Crippen molar-refractivity contribution in [3.05, 3.63) is 29.8 Å². The Morgan fingerprint density at radius 3 is 2.50 bits per heavy atom. The molecule has 2 rings (SSSR count). The van der Waals surface area contributed by atoms with E-state index in [1.54, 1.807) is 18.2 Å². The van der Waals surface area contributed by atoms with Crippen molar-refractivity contribution in [2.24, 2.45) is 0 Å². The molecule has 1 fully saturated rings. The van der Waals surface area contributed by atoms with Gasteiger partial charge in [-0.05, 0) is 24.5 Å². The van der Waals surface area contributed by atoms with Crippen LogP contribution in [0, 0.1) is 0 Å². The third-order valence-electron chi connectivity index (χ3n) is 3.35. The molecule has 1 aromatic carbocycles. The number of nitrogens with two attached hydrogens (primary N) is 1. The van der Waals surface area contributed by atoms with Gasteiger partial charge in [-0.2, -0.15) is 0 Å². The highest BCUT2D eigenvalue weighted by Crippen LogP contribution is 2.19. The predicted molar refractivity (Wildman–Crippen MR) is 73.5 cm³/mol. The summed E-state index contributed by atoms with van der Waals surface area (Å²) in [6.07, 6.45) is 5.33. The maximum Gasteiger partial charge on any atom is 0.216 e. The molecule has 0 radical (unpaired) electrons. The highest BCUT2D eigenvalue weighted by molar-refractivity contribution is 7.88. The van der Waals surface area contributed by atoms with Gasteiger partial charge in [-0.25, -0.2) is 13.1 Å². The molecule has 0 heterocycles. The molecule has 0 aliphatic heterocycles. The second-order valence-corrected chi connectivity index (χ2v) is 6.66. The van der Waals surface area contributed by atoms with Crippen molar-refractivity contribution in [3.63, 3.8) is 0 Å². The number of sulfonamides is 1. The lowest BCUT2D eigenvalue weighted by atomic mass is 9.96. The summed E-state index contributed by atoms with van der Waals surface area (Å²) in [4.78, 5) is 0. The highest BCUT2D eigenvalue weighted by atomic mass is 32.2. The summed E-state index contributed by atoms with van der Waals surface area (Å²) in [6.45, 7) is 0. The van der Waals surface area contributed by atoms with E-state index in [2.05, 4.69) is 4.72 Å². The van der Waals surface area contributed by atoms with Crippen LogP contribution in [0.3, 0.4) is 0 Å². The van der Waals surface area contributed by atoms with Crippen molar-refractivity contribution in [1.82, 2.24) is 4.72 Å². The molecule has 0 aromatic heterocycles. The monoisotopic (exact) mass is 268 g/mol. The Bertz CT molecular complexity index is 493. The van der Waals surface area contributed by atoms with Crippen LogP contribution in [0.25, 0.3) is 0 Å². The van der Waals surface area contributed by atoms with E-state index in [-0.39, 0.29) is 11.8 Å². The standard InChI is InChI=1S/C13H20N2O2S/c14-13-9-5-4-6-11(13)10-18(16,17)15-12-7-2-1-3-8-12/h4-6,9,12,15H,1-3,7-8,10,14H2. The van der Waals surface area contributed by atoms with Gasteiger partial charge in [0.15, 0.2) is 0 Å². The molecule has 0 spiro atoms. The molecule has 1 aromatic rings. The molecule has 1 saturated carbocycles. The Morgan fingerprint density at radius 1 is 1.17 bits per heavy atom. The zero-order valence-corrected chi connectivity index (χ0v) is 11.2. The first kappa shape index (κ1) is 13.4. The highest BCUT2D eigenvalue weighted by Gasteiger charge is 2.20. The smallest absolute Gasteiger partial charge is 0.216 e. The summed E-state index contributed by atoms with van der Waals surface area (Å²) in [5.74, 6) is -0.0316. The molecule has 1 aliphatic rings. The number of para-hydroxylation sites is 1. The van der Waals surface area contributed by atoms with Gasteiger partial charge in [-0.15, -0.1) is 0 Å². The van der Waals surface area contributed by atoms with Crippen LogP contribution < -0.4 is 10.5 Å². The minimum absolute atomic E-state index is 0.0316. The van der Waals surface area contributed by atoms with E-state index in [0.29, 0.717) is 11.3 Å². The Hall–Kier alpha value is -1.07. The molecule has 1 aliphatic carbocycles. The zero-order valence-electron chi connectivity index (χ0n) is 10.4. The second-order valence-electron chi connectivity index (χ2n) is 4.91. The fraction of sp³-hybridized carbons (Fsp3) is 0.538. The predicted octanol–water partition coefficient (Wildman–Crippen LogP) is 2.02.